The third-order valence-corrected chi connectivity index (χ3v) is 3.07. The zero-order chi connectivity index (χ0) is 13.0. The molecular formula is C16H19NO. The van der Waals surface area contributed by atoms with Crippen LogP contribution in [0.15, 0.2) is 48.1 Å². The largest absolute Gasteiger partial charge is 0.322 e. The Morgan fingerprint density at radius 2 is 2.11 bits per heavy atom. The molecule has 0 aromatic heterocycles. The molecule has 1 N–H and O–H groups in total. The van der Waals surface area contributed by atoms with E-state index in [2.05, 4.69) is 25.2 Å². The Kier molecular flexibility index (Phi) is 3.98. The first-order chi connectivity index (χ1) is 8.66. The number of carbonyl (C=O) groups is 1. The second-order valence-corrected chi connectivity index (χ2v) is 4.87. The van der Waals surface area contributed by atoms with Crippen molar-refractivity contribution in [2.75, 3.05) is 5.32 Å². The molecule has 0 aliphatic heterocycles. The number of nitrogens with one attached hydrogen (secondary N) is 1. The number of anilines is 1. The van der Waals surface area contributed by atoms with Crippen LogP contribution in [-0.2, 0) is 4.79 Å². The van der Waals surface area contributed by atoms with Crippen molar-refractivity contribution in [2.24, 2.45) is 0 Å². The average molecular weight is 241 g/mol. The summed E-state index contributed by atoms with van der Waals surface area (Å²) in [5.74, 6) is 0.447. The summed E-state index contributed by atoms with van der Waals surface area (Å²) in [6.45, 7) is 4.29. The molecule has 1 aliphatic rings. The van der Waals surface area contributed by atoms with Gasteiger partial charge in [0.1, 0.15) is 0 Å². The van der Waals surface area contributed by atoms with Crippen LogP contribution in [0.3, 0.4) is 0 Å². The average Bonchev–Trinajstić information content (AvgIpc) is 2.40. The van der Waals surface area contributed by atoms with Gasteiger partial charge in [-0.3, -0.25) is 4.79 Å². The van der Waals surface area contributed by atoms with E-state index in [-0.39, 0.29) is 5.91 Å². The minimum Gasteiger partial charge on any atom is -0.322 e. The number of amides is 1. The molecule has 1 aromatic rings. The van der Waals surface area contributed by atoms with Gasteiger partial charge in [0.15, 0.2) is 0 Å². The summed E-state index contributed by atoms with van der Waals surface area (Å²) in [4.78, 5) is 12.0. The lowest BCUT2D eigenvalue weighted by molar-refractivity contribution is -0.112. The summed E-state index contributed by atoms with van der Waals surface area (Å²) in [6.07, 6.45) is 7.90. The van der Waals surface area contributed by atoms with Gasteiger partial charge in [-0.15, -0.1) is 0 Å². The Balaban J connectivity index is 2.09. The highest BCUT2D eigenvalue weighted by molar-refractivity contribution is 6.05. The molecule has 0 atom stereocenters. The number of allylic oxidation sites excluding steroid dienone is 2. The van der Waals surface area contributed by atoms with Crippen LogP contribution in [0.5, 0.6) is 0 Å². The number of hydrogen-bond acceptors (Lipinski definition) is 1. The van der Waals surface area contributed by atoms with Gasteiger partial charge in [0.25, 0.3) is 5.91 Å². The second kappa shape index (κ2) is 5.67. The Bertz CT molecular complexity index is 498. The summed E-state index contributed by atoms with van der Waals surface area (Å²) < 4.78 is 0. The molecule has 2 rings (SSSR count). The van der Waals surface area contributed by atoms with Crippen molar-refractivity contribution < 1.29 is 4.79 Å². The van der Waals surface area contributed by atoms with E-state index >= 15 is 0 Å². The third kappa shape index (κ3) is 3.10. The predicted octanol–water partition coefficient (Wildman–Crippen LogP) is 4.02. The summed E-state index contributed by atoms with van der Waals surface area (Å²) in [7, 11) is 0. The van der Waals surface area contributed by atoms with Crippen molar-refractivity contribution >= 4 is 11.6 Å². The first kappa shape index (κ1) is 12.6. The Morgan fingerprint density at radius 1 is 1.28 bits per heavy atom. The molecule has 0 saturated carbocycles. The minimum atomic E-state index is -0.0214. The predicted molar refractivity (Wildman–Crippen MR) is 75.6 cm³/mol. The maximum absolute atomic E-state index is 12.0. The molecule has 2 nitrogen and oxygen atoms in total. The standard InChI is InChI=1S/C16H19NO/c1-12(2)14-9-6-10-15(11-14)17-16(18)13-7-4-3-5-8-13/h4,6-12H,3,5H2,1-2H3,(H,17,18). The van der Waals surface area contributed by atoms with Gasteiger partial charge in [-0.2, -0.15) is 0 Å². The highest BCUT2D eigenvalue weighted by atomic mass is 16.1. The van der Waals surface area contributed by atoms with E-state index in [0.717, 1.165) is 24.1 Å². The molecule has 1 aliphatic carbocycles. The topological polar surface area (TPSA) is 29.1 Å². The number of carbonyl (C=O) groups excluding carboxylic acids is 1. The molecule has 94 valence electrons. The zero-order valence-corrected chi connectivity index (χ0v) is 10.9. The molecule has 0 heterocycles. The van der Waals surface area contributed by atoms with Gasteiger partial charge in [-0.05, 0) is 36.5 Å². The van der Waals surface area contributed by atoms with E-state index in [1.807, 2.05) is 36.4 Å². The van der Waals surface area contributed by atoms with Crippen LogP contribution in [0.2, 0.25) is 0 Å². The lowest BCUT2D eigenvalue weighted by Crippen LogP contribution is -2.14. The van der Waals surface area contributed by atoms with E-state index in [0.29, 0.717) is 5.92 Å². The molecule has 1 aromatic carbocycles. The van der Waals surface area contributed by atoms with Crippen LogP contribution in [0.4, 0.5) is 5.69 Å². The third-order valence-electron chi connectivity index (χ3n) is 3.07. The van der Waals surface area contributed by atoms with E-state index in [9.17, 15) is 4.79 Å². The highest BCUT2D eigenvalue weighted by Crippen LogP contribution is 2.19. The van der Waals surface area contributed by atoms with E-state index in [1.54, 1.807) is 0 Å². The van der Waals surface area contributed by atoms with E-state index in [4.69, 9.17) is 0 Å². The van der Waals surface area contributed by atoms with Gasteiger partial charge in [0, 0.05) is 11.3 Å². The summed E-state index contributed by atoms with van der Waals surface area (Å²) in [5, 5.41) is 2.95. The highest BCUT2D eigenvalue weighted by Gasteiger charge is 2.09. The molecule has 0 unspecified atom stereocenters. The monoisotopic (exact) mass is 241 g/mol. The number of rotatable bonds is 3. The smallest absolute Gasteiger partial charge is 0.255 e. The maximum atomic E-state index is 12.0. The van der Waals surface area contributed by atoms with Crippen molar-refractivity contribution in [3.05, 3.63) is 53.6 Å². The fourth-order valence-electron chi connectivity index (χ4n) is 1.96. The lowest BCUT2D eigenvalue weighted by Gasteiger charge is -2.11. The van der Waals surface area contributed by atoms with E-state index in [1.165, 1.54) is 5.56 Å². The van der Waals surface area contributed by atoms with Crippen molar-refractivity contribution in [1.29, 1.82) is 0 Å². The fourth-order valence-corrected chi connectivity index (χ4v) is 1.96. The molecule has 0 radical (unpaired) electrons. The molecule has 0 fully saturated rings. The molecule has 0 bridgehead atoms. The normalized spacial score (nSPS) is 14.5. The van der Waals surface area contributed by atoms with Crippen LogP contribution in [-0.4, -0.2) is 5.91 Å². The molecule has 2 heteroatoms. The van der Waals surface area contributed by atoms with Gasteiger partial charge in [-0.1, -0.05) is 44.2 Å². The van der Waals surface area contributed by atoms with Crippen molar-refractivity contribution in [3.8, 4) is 0 Å². The summed E-state index contributed by atoms with van der Waals surface area (Å²) >= 11 is 0. The Morgan fingerprint density at radius 3 is 2.78 bits per heavy atom. The van der Waals surface area contributed by atoms with Crippen molar-refractivity contribution in [3.63, 3.8) is 0 Å². The summed E-state index contributed by atoms with van der Waals surface area (Å²) in [5.41, 5.74) is 2.86. The quantitative estimate of drug-likeness (QED) is 0.850. The minimum absolute atomic E-state index is 0.0214. The molecule has 0 saturated heterocycles. The number of benzene rings is 1. The van der Waals surface area contributed by atoms with Gasteiger partial charge >= 0.3 is 0 Å². The van der Waals surface area contributed by atoms with Crippen LogP contribution >= 0.6 is 0 Å². The van der Waals surface area contributed by atoms with Crippen LogP contribution in [0, 0.1) is 0 Å². The van der Waals surface area contributed by atoms with E-state index < -0.39 is 0 Å². The molecule has 0 spiro atoms. The van der Waals surface area contributed by atoms with Crippen molar-refractivity contribution in [1.82, 2.24) is 0 Å². The molecular weight excluding hydrogens is 222 g/mol. The maximum Gasteiger partial charge on any atom is 0.255 e. The first-order valence-electron chi connectivity index (χ1n) is 6.45. The number of hydrogen-bond donors (Lipinski definition) is 1. The van der Waals surface area contributed by atoms with Crippen LogP contribution in [0.1, 0.15) is 38.2 Å². The Hall–Kier alpha value is -1.83. The molecule has 18 heavy (non-hydrogen) atoms. The van der Waals surface area contributed by atoms with Gasteiger partial charge < -0.3 is 5.32 Å². The SMILES string of the molecule is CC(C)c1cccc(NC(=O)C2=CCCC=C2)c1. The van der Waals surface area contributed by atoms with Crippen LogP contribution in [0.25, 0.3) is 0 Å². The van der Waals surface area contributed by atoms with Crippen molar-refractivity contribution in [2.45, 2.75) is 32.6 Å². The second-order valence-electron chi connectivity index (χ2n) is 4.87. The van der Waals surface area contributed by atoms with Gasteiger partial charge in [-0.25, -0.2) is 0 Å². The first-order valence-corrected chi connectivity index (χ1v) is 6.45. The summed E-state index contributed by atoms with van der Waals surface area (Å²) in [6, 6.07) is 8.03. The molecule has 1 amide bonds. The van der Waals surface area contributed by atoms with Gasteiger partial charge in [0.2, 0.25) is 0 Å². The zero-order valence-electron chi connectivity index (χ0n) is 10.9. The Labute approximate surface area is 108 Å². The lowest BCUT2D eigenvalue weighted by atomic mass is 10.0. The van der Waals surface area contributed by atoms with Crippen LogP contribution < -0.4 is 5.32 Å². The van der Waals surface area contributed by atoms with Gasteiger partial charge in [0.05, 0.1) is 0 Å². The fraction of sp³-hybridized carbons (Fsp3) is 0.312.